The summed E-state index contributed by atoms with van der Waals surface area (Å²) in [6, 6.07) is 11.2. The number of methoxy groups -OCH3 is 1. The molecule has 2 N–H and O–H groups in total. The van der Waals surface area contributed by atoms with Gasteiger partial charge in [0, 0.05) is 11.6 Å². The molecule has 0 unspecified atom stereocenters. The van der Waals surface area contributed by atoms with Gasteiger partial charge < -0.3 is 24.8 Å². The van der Waals surface area contributed by atoms with Crippen LogP contribution in [0.1, 0.15) is 5.56 Å². The zero-order valence-electron chi connectivity index (χ0n) is 14.0. The van der Waals surface area contributed by atoms with Gasteiger partial charge in [0.05, 0.1) is 7.11 Å². The van der Waals surface area contributed by atoms with Gasteiger partial charge in [-0.15, -0.1) is 13.2 Å². The Labute approximate surface area is 152 Å². The summed E-state index contributed by atoms with van der Waals surface area (Å²) in [6.45, 7) is -0.428. The lowest BCUT2D eigenvalue weighted by molar-refractivity contribution is -0.274. The van der Waals surface area contributed by atoms with E-state index in [1.807, 2.05) is 0 Å². The van der Waals surface area contributed by atoms with E-state index in [0.717, 1.165) is 12.1 Å². The van der Waals surface area contributed by atoms with Crippen molar-refractivity contribution in [2.45, 2.75) is 6.36 Å². The van der Waals surface area contributed by atoms with Crippen LogP contribution in [0.3, 0.4) is 0 Å². The lowest BCUT2D eigenvalue weighted by Crippen LogP contribution is -2.19. The monoisotopic (exact) mass is 384 g/mol. The van der Waals surface area contributed by atoms with Crippen LogP contribution in [-0.2, 0) is 9.63 Å². The van der Waals surface area contributed by atoms with Gasteiger partial charge in [0.15, 0.2) is 12.4 Å². The molecule has 27 heavy (non-hydrogen) atoms. The Bertz CT molecular complexity index is 807. The third-order valence-corrected chi connectivity index (χ3v) is 3.03. The molecule has 0 heterocycles. The molecule has 0 atom stereocenters. The predicted octanol–water partition coefficient (Wildman–Crippen LogP) is 2.84. The molecule has 2 aromatic rings. The van der Waals surface area contributed by atoms with Crippen LogP contribution in [0.15, 0.2) is 53.7 Å². The Kier molecular flexibility index (Phi) is 6.47. The lowest BCUT2D eigenvalue weighted by Gasteiger charge is -2.09. The Morgan fingerprint density at radius 3 is 2.37 bits per heavy atom. The number of alkyl halides is 3. The molecule has 0 saturated carbocycles. The molecule has 0 radical (unpaired) electrons. The first-order valence-electron chi connectivity index (χ1n) is 7.43. The van der Waals surface area contributed by atoms with Crippen LogP contribution in [-0.4, -0.2) is 31.9 Å². The highest BCUT2D eigenvalue weighted by Crippen LogP contribution is 2.22. The maximum absolute atomic E-state index is 12.1. The molecule has 2 rings (SSSR count). The second kappa shape index (κ2) is 8.79. The molecule has 0 bridgehead atoms. The smallest absolute Gasteiger partial charge is 0.497 e. The van der Waals surface area contributed by atoms with Gasteiger partial charge in [-0.1, -0.05) is 11.2 Å². The summed E-state index contributed by atoms with van der Waals surface area (Å²) in [5.41, 5.74) is 5.86. The van der Waals surface area contributed by atoms with E-state index in [-0.39, 0.29) is 11.4 Å². The highest BCUT2D eigenvalue weighted by molar-refractivity contribution is 5.97. The molecular weight excluding hydrogens is 369 g/mol. The maximum atomic E-state index is 12.1. The molecule has 2 aromatic carbocycles. The fourth-order valence-electron chi connectivity index (χ4n) is 1.84. The molecule has 0 aromatic heterocycles. The largest absolute Gasteiger partial charge is 0.573 e. The molecule has 0 amide bonds. The van der Waals surface area contributed by atoms with Crippen molar-refractivity contribution in [2.24, 2.45) is 10.9 Å². The maximum Gasteiger partial charge on any atom is 0.573 e. The Morgan fingerprint density at radius 2 is 1.74 bits per heavy atom. The minimum atomic E-state index is -4.79. The number of halogens is 3. The van der Waals surface area contributed by atoms with Crippen LogP contribution in [0.5, 0.6) is 17.2 Å². The van der Waals surface area contributed by atoms with E-state index in [0.29, 0.717) is 11.5 Å². The Balaban J connectivity index is 1.87. The summed E-state index contributed by atoms with van der Waals surface area (Å²) >= 11 is 0. The number of carbonyl (C=O) groups excluding carboxylic acids is 1. The third-order valence-electron chi connectivity index (χ3n) is 3.03. The highest BCUT2D eigenvalue weighted by atomic mass is 19.4. The molecule has 0 aliphatic carbocycles. The third kappa shape index (κ3) is 6.77. The summed E-state index contributed by atoms with van der Waals surface area (Å²) in [7, 11) is 1.49. The first-order chi connectivity index (χ1) is 12.8. The van der Waals surface area contributed by atoms with Crippen molar-refractivity contribution in [3.05, 3.63) is 54.1 Å². The molecular formula is C17H15F3N2O5. The van der Waals surface area contributed by atoms with Crippen LogP contribution in [0.2, 0.25) is 0 Å². The van der Waals surface area contributed by atoms with E-state index >= 15 is 0 Å². The van der Waals surface area contributed by atoms with Crippen molar-refractivity contribution in [1.82, 2.24) is 0 Å². The van der Waals surface area contributed by atoms with Crippen LogP contribution >= 0.6 is 0 Å². The van der Waals surface area contributed by atoms with Crippen LogP contribution < -0.4 is 19.9 Å². The molecule has 144 valence electrons. The predicted molar refractivity (Wildman–Crippen MR) is 88.4 cm³/mol. The molecule has 0 fully saturated rings. The Morgan fingerprint density at radius 1 is 1.07 bits per heavy atom. The first kappa shape index (κ1) is 19.9. The standard InChI is InChI=1S/C17H15F3N2O5/c1-24-13-3-2-4-14(9-13)25-10-15(23)27-22-16(21)11-5-7-12(8-6-11)26-17(18,19)20/h2-9H,10H2,1H3,(H2,21,22). The van der Waals surface area contributed by atoms with Crippen LogP contribution in [0.25, 0.3) is 0 Å². The minimum Gasteiger partial charge on any atom is -0.497 e. The van der Waals surface area contributed by atoms with Gasteiger partial charge >= 0.3 is 12.3 Å². The van der Waals surface area contributed by atoms with E-state index < -0.39 is 24.7 Å². The second-order valence-electron chi connectivity index (χ2n) is 4.98. The summed E-state index contributed by atoms with van der Waals surface area (Å²) in [5, 5.41) is 3.42. The number of hydrogen-bond donors (Lipinski definition) is 1. The van der Waals surface area contributed by atoms with Gasteiger partial charge in [-0.05, 0) is 36.4 Å². The number of carbonyl (C=O) groups is 1. The SMILES string of the molecule is COc1cccc(OCC(=O)ON=C(N)c2ccc(OC(F)(F)F)cc2)c1. The van der Waals surface area contributed by atoms with Gasteiger partial charge in [0.1, 0.15) is 17.2 Å². The molecule has 0 saturated heterocycles. The fourth-order valence-corrected chi connectivity index (χ4v) is 1.84. The zero-order valence-corrected chi connectivity index (χ0v) is 14.0. The van der Waals surface area contributed by atoms with Crippen LogP contribution in [0, 0.1) is 0 Å². The van der Waals surface area contributed by atoms with E-state index in [9.17, 15) is 18.0 Å². The van der Waals surface area contributed by atoms with E-state index in [2.05, 4.69) is 14.7 Å². The molecule has 7 nitrogen and oxygen atoms in total. The van der Waals surface area contributed by atoms with Crippen LogP contribution in [0.4, 0.5) is 13.2 Å². The van der Waals surface area contributed by atoms with Crippen molar-refractivity contribution >= 4 is 11.8 Å². The van der Waals surface area contributed by atoms with Gasteiger partial charge in [-0.25, -0.2) is 4.79 Å². The number of rotatable bonds is 7. The average molecular weight is 384 g/mol. The van der Waals surface area contributed by atoms with Gasteiger partial charge in [-0.2, -0.15) is 0 Å². The topological polar surface area (TPSA) is 92.4 Å². The number of ether oxygens (including phenoxy) is 3. The van der Waals surface area contributed by atoms with Crippen molar-refractivity contribution in [3.63, 3.8) is 0 Å². The summed E-state index contributed by atoms with van der Waals surface area (Å²) in [4.78, 5) is 16.2. The Hall–Kier alpha value is -3.43. The quantitative estimate of drug-likeness (QED) is 0.342. The zero-order chi connectivity index (χ0) is 19.9. The summed E-state index contributed by atoms with van der Waals surface area (Å²) in [6.07, 6.45) is -4.79. The summed E-state index contributed by atoms with van der Waals surface area (Å²) in [5.74, 6) is -0.492. The van der Waals surface area contributed by atoms with E-state index in [1.54, 1.807) is 24.3 Å². The van der Waals surface area contributed by atoms with Crippen molar-refractivity contribution in [1.29, 1.82) is 0 Å². The fraction of sp³-hybridized carbons (Fsp3) is 0.176. The lowest BCUT2D eigenvalue weighted by atomic mass is 10.2. The summed E-state index contributed by atoms with van der Waals surface area (Å²) < 4.78 is 50.3. The normalized spacial score (nSPS) is 11.6. The van der Waals surface area contributed by atoms with Crippen molar-refractivity contribution in [2.75, 3.05) is 13.7 Å². The molecule has 0 aliphatic heterocycles. The molecule has 10 heteroatoms. The number of amidine groups is 1. The highest BCUT2D eigenvalue weighted by Gasteiger charge is 2.30. The average Bonchev–Trinajstić information content (AvgIpc) is 2.64. The molecule has 0 spiro atoms. The van der Waals surface area contributed by atoms with Crippen molar-refractivity contribution < 1.29 is 37.0 Å². The van der Waals surface area contributed by atoms with Gasteiger partial charge in [0.25, 0.3) is 0 Å². The van der Waals surface area contributed by atoms with Crippen molar-refractivity contribution in [3.8, 4) is 17.2 Å². The molecule has 0 aliphatic rings. The number of oxime groups is 1. The number of nitrogens with two attached hydrogens (primary N) is 1. The minimum absolute atomic E-state index is 0.205. The number of nitrogens with zero attached hydrogens (tertiary/aromatic N) is 1. The van der Waals surface area contributed by atoms with E-state index in [4.69, 9.17) is 15.2 Å². The number of benzene rings is 2. The van der Waals surface area contributed by atoms with Gasteiger partial charge in [-0.3, -0.25) is 0 Å². The van der Waals surface area contributed by atoms with Gasteiger partial charge in [0.2, 0.25) is 0 Å². The first-order valence-corrected chi connectivity index (χ1v) is 7.43. The second-order valence-corrected chi connectivity index (χ2v) is 4.98. The number of hydrogen-bond acceptors (Lipinski definition) is 6. The van der Waals surface area contributed by atoms with E-state index in [1.165, 1.54) is 19.2 Å².